The van der Waals surface area contributed by atoms with Gasteiger partial charge in [0.1, 0.15) is 19.8 Å². The largest absolute Gasteiger partial charge is 0.496 e. The zero-order valence-electron chi connectivity index (χ0n) is 74.8. The van der Waals surface area contributed by atoms with E-state index in [1.807, 2.05) is 13.8 Å². The second-order valence-electron chi connectivity index (χ2n) is 30.7. The molecule has 0 radical (unpaired) electrons. The molecular formula is C88H164O31. The summed E-state index contributed by atoms with van der Waals surface area (Å²) in [6.07, 6.45) is 24.3. The normalized spacial score (nSPS) is 15.1. The van der Waals surface area contributed by atoms with Gasteiger partial charge < -0.3 is 124 Å². The Balaban J connectivity index is 1.83. The van der Waals surface area contributed by atoms with Gasteiger partial charge in [-0.2, -0.15) is 0 Å². The Morgan fingerprint density at radius 1 is 0.311 bits per heavy atom. The molecule has 1 rings (SSSR count). The Morgan fingerprint density at radius 2 is 0.571 bits per heavy atom. The molecule has 1 aliphatic carbocycles. The lowest BCUT2D eigenvalue weighted by atomic mass is 9.66. The number of allylic oxidation sites excluding steroid dienone is 1. The molecule has 0 aromatic rings. The van der Waals surface area contributed by atoms with E-state index in [4.69, 9.17) is 114 Å². The van der Waals surface area contributed by atoms with Gasteiger partial charge in [0.05, 0.1) is 299 Å². The summed E-state index contributed by atoms with van der Waals surface area (Å²) >= 11 is 0. The van der Waals surface area contributed by atoms with Crippen LogP contribution in [0.5, 0.6) is 0 Å². The van der Waals surface area contributed by atoms with Crippen molar-refractivity contribution in [2.24, 2.45) is 34.0 Å². The van der Waals surface area contributed by atoms with E-state index in [1.54, 1.807) is 20.8 Å². The number of unbranched alkanes of at least 4 members (excludes halogenated alkanes) is 15. The first kappa shape index (κ1) is 113. The molecule has 5 atom stereocenters. The molecule has 119 heavy (non-hydrogen) atoms. The van der Waals surface area contributed by atoms with Crippen molar-refractivity contribution in [3.8, 4) is 0 Å². The van der Waals surface area contributed by atoms with Crippen LogP contribution in [-0.4, -0.2) is 331 Å². The summed E-state index contributed by atoms with van der Waals surface area (Å²) in [6.45, 7) is 35.1. The van der Waals surface area contributed by atoms with Gasteiger partial charge in [-0.05, 0) is 65.7 Å². The second kappa shape index (κ2) is 82.4. The summed E-state index contributed by atoms with van der Waals surface area (Å²) in [5.74, 6) is -6.29. The third-order valence-electron chi connectivity index (χ3n) is 20.1. The summed E-state index contributed by atoms with van der Waals surface area (Å²) in [6, 6.07) is 0. The van der Waals surface area contributed by atoms with Gasteiger partial charge in [0, 0.05) is 12.0 Å². The molecule has 1 aliphatic rings. The highest BCUT2D eigenvalue weighted by Crippen LogP contribution is 2.45. The van der Waals surface area contributed by atoms with Gasteiger partial charge in [-0.3, -0.25) is 24.0 Å². The molecule has 0 aliphatic heterocycles. The monoisotopic (exact) mass is 1720 g/mol. The van der Waals surface area contributed by atoms with Crippen LogP contribution in [-0.2, 0) is 138 Å². The smallest absolute Gasteiger partial charge is 0.311 e. The van der Waals surface area contributed by atoms with Crippen LogP contribution in [0.1, 0.15) is 203 Å². The van der Waals surface area contributed by atoms with Crippen molar-refractivity contribution in [1.82, 2.24) is 0 Å². The van der Waals surface area contributed by atoms with Crippen LogP contribution in [0, 0.1) is 34.0 Å². The van der Waals surface area contributed by atoms with Crippen molar-refractivity contribution in [2.45, 2.75) is 203 Å². The van der Waals surface area contributed by atoms with Crippen molar-refractivity contribution in [3.05, 3.63) is 12.3 Å². The van der Waals surface area contributed by atoms with Gasteiger partial charge in [0.2, 0.25) is 0 Å². The predicted molar refractivity (Wildman–Crippen MR) is 448 cm³/mol. The minimum absolute atomic E-state index is 0.0771. The van der Waals surface area contributed by atoms with E-state index in [1.165, 1.54) is 103 Å². The number of esters is 3. The van der Waals surface area contributed by atoms with E-state index in [0.717, 1.165) is 25.9 Å². The Bertz CT molecular complexity index is 2330. The van der Waals surface area contributed by atoms with Crippen molar-refractivity contribution < 1.29 is 148 Å². The number of aliphatic carboxylic acids is 2. The van der Waals surface area contributed by atoms with Gasteiger partial charge >= 0.3 is 29.8 Å². The third-order valence-corrected chi connectivity index (χ3v) is 20.1. The predicted octanol–water partition coefficient (Wildman–Crippen LogP) is 12.0. The van der Waals surface area contributed by atoms with Crippen molar-refractivity contribution >= 4 is 29.8 Å². The van der Waals surface area contributed by atoms with Crippen molar-refractivity contribution in [3.63, 3.8) is 0 Å². The molecule has 1 saturated carbocycles. The average molecular weight is 1720 g/mol. The SMILES string of the molecule is C=C(OCCOCCOCCOCCOCCOCCOCCOCCOCCOCCOCCOCCOCCOCCOCCOCCOCCOCCOCCOCCOCCCCCCCCCCCCCCCCCC)C(C)(C)CC(CC(C)(CC(C)(CC)C(=O)OCCOC(=O)C1CCCCC1C(=O)O)C(=O)O)C(=O)OCC. The molecule has 702 valence electrons. The Morgan fingerprint density at radius 3 is 0.849 bits per heavy atom. The maximum Gasteiger partial charge on any atom is 0.311 e. The molecule has 0 saturated heterocycles. The van der Waals surface area contributed by atoms with Crippen LogP contribution < -0.4 is 0 Å². The molecule has 2 N–H and O–H groups in total. The van der Waals surface area contributed by atoms with E-state index in [-0.39, 0.29) is 58.7 Å². The number of carbonyl (C=O) groups is 5. The first-order valence-corrected chi connectivity index (χ1v) is 44.8. The van der Waals surface area contributed by atoms with E-state index < -0.39 is 63.8 Å². The standard InChI is InChI=1S/C88H164O31/c1-9-12-13-14-15-16-17-18-19-20-21-22-23-24-25-28-31-96-32-33-97-34-35-98-36-37-99-38-39-100-40-41-101-42-43-102-44-45-103-46-47-104-48-49-105-50-51-106-52-53-107-54-55-108-56-57-109-58-59-110-60-61-111-62-63-112-64-65-113-66-67-114-68-69-115-70-71-117-77(4)86(5,6)74-78(82(91)116-11-3)75-88(8,84(93)94)76-87(7,10-2)85(95)119-73-72-118-83(92)80-30-27-26-29-79(80)81(89)90/h78-80H,4,9-76H2,1-3,5-8H3,(H,89,90)(H,93,94). The molecule has 0 bridgehead atoms. The first-order valence-electron chi connectivity index (χ1n) is 44.8. The fourth-order valence-corrected chi connectivity index (χ4v) is 12.9. The first-order chi connectivity index (χ1) is 58.0. The molecule has 0 heterocycles. The fourth-order valence-electron chi connectivity index (χ4n) is 12.9. The van der Waals surface area contributed by atoms with E-state index in [0.29, 0.717) is 270 Å². The van der Waals surface area contributed by atoms with Crippen LogP contribution >= 0.6 is 0 Å². The maximum absolute atomic E-state index is 13.5. The second-order valence-corrected chi connectivity index (χ2v) is 30.7. The topological polar surface area (TPSA) is 347 Å². The summed E-state index contributed by atoms with van der Waals surface area (Å²) in [7, 11) is 0. The number of rotatable bonds is 95. The van der Waals surface area contributed by atoms with E-state index in [9.17, 15) is 34.2 Å². The van der Waals surface area contributed by atoms with E-state index in [2.05, 4.69) is 13.5 Å². The number of carbonyl (C=O) groups excluding carboxylic acids is 3. The van der Waals surface area contributed by atoms with Gasteiger partial charge in [-0.25, -0.2) is 0 Å². The summed E-state index contributed by atoms with van der Waals surface area (Å²) in [5, 5.41) is 20.2. The van der Waals surface area contributed by atoms with Gasteiger partial charge in [-0.1, -0.05) is 143 Å². The van der Waals surface area contributed by atoms with Gasteiger partial charge in [0.15, 0.2) is 0 Å². The van der Waals surface area contributed by atoms with Gasteiger partial charge in [-0.15, -0.1) is 0 Å². The number of carboxylic acids is 2. The molecule has 1 fully saturated rings. The minimum atomic E-state index is -1.58. The quantitative estimate of drug-likeness (QED) is 0.0247. The Labute approximate surface area is 714 Å². The number of ether oxygens (including phenoxy) is 24. The lowest BCUT2D eigenvalue weighted by Crippen LogP contribution is -2.42. The molecule has 31 nitrogen and oxygen atoms in total. The van der Waals surface area contributed by atoms with Gasteiger partial charge in [0.25, 0.3) is 0 Å². The van der Waals surface area contributed by atoms with Crippen LogP contribution in [0.4, 0.5) is 0 Å². The molecule has 0 aromatic carbocycles. The van der Waals surface area contributed by atoms with Crippen LogP contribution in [0.2, 0.25) is 0 Å². The molecule has 0 amide bonds. The lowest BCUT2D eigenvalue weighted by molar-refractivity contribution is -0.168. The minimum Gasteiger partial charge on any atom is -0.496 e. The van der Waals surface area contributed by atoms with Crippen molar-refractivity contribution in [1.29, 1.82) is 0 Å². The zero-order chi connectivity index (χ0) is 86.7. The highest BCUT2D eigenvalue weighted by Gasteiger charge is 2.48. The van der Waals surface area contributed by atoms with Crippen LogP contribution in [0.25, 0.3) is 0 Å². The number of carboxylic acid groups (broad SMARTS) is 2. The number of hydrogen-bond acceptors (Lipinski definition) is 29. The summed E-state index contributed by atoms with van der Waals surface area (Å²) < 4.78 is 134. The molecule has 0 aromatic heterocycles. The third kappa shape index (κ3) is 68.1. The van der Waals surface area contributed by atoms with Crippen molar-refractivity contribution in [2.75, 3.05) is 291 Å². The van der Waals surface area contributed by atoms with Crippen LogP contribution in [0.15, 0.2) is 12.3 Å². The fraction of sp³-hybridized carbons (Fsp3) is 0.920. The molecule has 0 spiro atoms. The number of hydrogen-bond donors (Lipinski definition) is 2. The highest BCUT2D eigenvalue weighted by molar-refractivity contribution is 5.82. The van der Waals surface area contributed by atoms with E-state index >= 15 is 0 Å². The highest BCUT2D eigenvalue weighted by atomic mass is 16.6. The lowest BCUT2D eigenvalue weighted by Gasteiger charge is -2.38. The summed E-state index contributed by atoms with van der Waals surface area (Å²) in [5.41, 5.74) is -3.68. The Kier molecular flexibility index (Phi) is 78.3. The molecular weight excluding hydrogens is 1550 g/mol. The maximum atomic E-state index is 13.5. The average Bonchev–Trinajstić information content (AvgIpc) is 0.795. The van der Waals surface area contributed by atoms with Crippen LogP contribution in [0.3, 0.4) is 0 Å². The zero-order valence-corrected chi connectivity index (χ0v) is 74.8. The molecule has 5 unspecified atom stereocenters. The summed E-state index contributed by atoms with van der Waals surface area (Å²) in [4.78, 5) is 64.5. The molecule has 31 heteroatoms. The Hall–Kier alpha value is -3.91.